The van der Waals surface area contributed by atoms with Crippen molar-refractivity contribution in [3.63, 3.8) is 0 Å². The Bertz CT molecular complexity index is 594. The number of piperidine rings is 1. The first kappa shape index (κ1) is 13.1. The van der Waals surface area contributed by atoms with E-state index < -0.39 is 7.60 Å². The molecule has 2 aliphatic rings. The summed E-state index contributed by atoms with van der Waals surface area (Å²) in [5.74, 6) is 0.505. The van der Waals surface area contributed by atoms with Gasteiger partial charge in [0.1, 0.15) is 6.29 Å². The van der Waals surface area contributed by atoms with Crippen molar-refractivity contribution in [3.05, 3.63) is 34.2 Å². The first-order valence-electron chi connectivity index (χ1n) is 6.39. The van der Waals surface area contributed by atoms with Crippen molar-refractivity contribution in [1.29, 1.82) is 0 Å². The number of hydrogen-bond donors (Lipinski definition) is 2. The molecule has 1 fully saturated rings. The van der Waals surface area contributed by atoms with E-state index in [1.165, 1.54) is 0 Å². The van der Waals surface area contributed by atoms with Gasteiger partial charge in [0.15, 0.2) is 0 Å². The molecule has 2 unspecified atom stereocenters. The van der Waals surface area contributed by atoms with Crippen molar-refractivity contribution in [3.8, 4) is 0 Å². The van der Waals surface area contributed by atoms with Crippen LogP contribution in [0.4, 0.5) is 0 Å². The molecule has 0 spiro atoms. The van der Waals surface area contributed by atoms with E-state index in [1.54, 1.807) is 12.1 Å². The van der Waals surface area contributed by atoms with Crippen LogP contribution in [0.5, 0.6) is 0 Å². The minimum Gasteiger partial charge on any atom is -0.324 e. The highest BCUT2D eigenvalue weighted by atomic mass is 31.2. The molecule has 3 rings (SSSR count). The maximum Gasteiger partial charge on any atom is 0.339 e. The molecule has 0 amide bonds. The summed E-state index contributed by atoms with van der Waals surface area (Å²) in [5.41, 5.74) is 1.02. The molecule has 1 aromatic rings. The van der Waals surface area contributed by atoms with Gasteiger partial charge in [-0.2, -0.15) is 0 Å². The highest BCUT2D eigenvalue weighted by Crippen LogP contribution is 2.40. The predicted molar refractivity (Wildman–Crippen MR) is 70.0 cm³/mol. The summed E-state index contributed by atoms with van der Waals surface area (Å²) in [5, 5.41) is 0. The summed E-state index contributed by atoms with van der Waals surface area (Å²) >= 11 is 0. The second-order valence-corrected chi connectivity index (χ2v) is 7.15. The topological polar surface area (TPSA) is 82.8 Å². The fourth-order valence-electron chi connectivity index (χ4n) is 3.37. The summed E-state index contributed by atoms with van der Waals surface area (Å²) in [6, 6.07) is 5.28. The lowest BCUT2D eigenvalue weighted by molar-refractivity contribution is 0.130. The van der Waals surface area contributed by atoms with Crippen LogP contribution < -0.4 is 5.56 Å². The Morgan fingerprint density at radius 2 is 2.05 bits per heavy atom. The van der Waals surface area contributed by atoms with Crippen LogP contribution in [0.25, 0.3) is 0 Å². The van der Waals surface area contributed by atoms with Crippen molar-refractivity contribution in [2.45, 2.75) is 18.9 Å². The molecule has 19 heavy (non-hydrogen) atoms. The molecule has 2 bridgehead atoms. The summed E-state index contributed by atoms with van der Waals surface area (Å²) in [7, 11) is -4.01. The molecule has 3 heterocycles. The zero-order chi connectivity index (χ0) is 13.6. The number of nitrogens with zero attached hydrogens (tertiary/aromatic N) is 2. The number of rotatable bonds is 2. The van der Waals surface area contributed by atoms with Crippen LogP contribution in [0, 0.1) is 5.92 Å². The first-order valence-corrected chi connectivity index (χ1v) is 8.19. The van der Waals surface area contributed by atoms with Crippen molar-refractivity contribution >= 4 is 7.60 Å². The molecule has 7 heteroatoms. The number of hydrogen-bond acceptors (Lipinski definition) is 3. The lowest BCUT2D eigenvalue weighted by Crippen LogP contribution is -2.47. The minimum atomic E-state index is -4.01. The number of fused-ring (bicyclic) bond motifs is 4. The van der Waals surface area contributed by atoms with E-state index in [9.17, 15) is 9.36 Å². The molecule has 0 aliphatic carbocycles. The Kier molecular flexibility index (Phi) is 3.14. The Morgan fingerprint density at radius 1 is 1.26 bits per heavy atom. The van der Waals surface area contributed by atoms with Crippen LogP contribution in [-0.2, 0) is 11.1 Å². The van der Waals surface area contributed by atoms with Gasteiger partial charge in [-0.1, -0.05) is 6.07 Å². The zero-order valence-electron chi connectivity index (χ0n) is 10.5. The standard InChI is InChI=1S/C12H17N2O4P/c15-12-3-1-2-11-10-4-9(6-14(11)12)5-13(7-10)8-19(16,17)18/h1-3,9-10H,4-8H2,(H2,16,17,18). The lowest BCUT2D eigenvalue weighted by atomic mass is 9.83. The van der Waals surface area contributed by atoms with Gasteiger partial charge >= 0.3 is 7.60 Å². The van der Waals surface area contributed by atoms with Crippen molar-refractivity contribution in [2.75, 3.05) is 19.4 Å². The van der Waals surface area contributed by atoms with Gasteiger partial charge < -0.3 is 14.4 Å². The fraction of sp³-hybridized carbons (Fsp3) is 0.583. The second-order valence-electron chi connectivity index (χ2n) is 5.54. The molecule has 1 saturated heterocycles. The SMILES string of the molecule is O=c1cccc2n1CC1CC2CN(CP(=O)(O)O)C1. The monoisotopic (exact) mass is 284 g/mol. The molecule has 2 N–H and O–H groups in total. The largest absolute Gasteiger partial charge is 0.339 e. The van der Waals surface area contributed by atoms with Gasteiger partial charge in [-0.05, 0) is 18.4 Å². The third-order valence-electron chi connectivity index (χ3n) is 3.94. The summed E-state index contributed by atoms with van der Waals surface area (Å²) < 4.78 is 12.9. The van der Waals surface area contributed by atoms with E-state index in [0.29, 0.717) is 25.6 Å². The van der Waals surface area contributed by atoms with E-state index in [2.05, 4.69) is 0 Å². The molecule has 2 atom stereocenters. The molecule has 6 nitrogen and oxygen atoms in total. The Hall–Kier alpha value is -0.940. The van der Waals surface area contributed by atoms with Crippen molar-refractivity contribution < 1.29 is 14.4 Å². The summed E-state index contributed by atoms with van der Waals surface area (Å²) in [6.07, 6.45) is 0.818. The van der Waals surface area contributed by atoms with Crippen LogP contribution in [-0.4, -0.2) is 38.6 Å². The molecule has 0 aromatic carbocycles. The van der Waals surface area contributed by atoms with Gasteiger partial charge in [-0.3, -0.25) is 14.3 Å². The number of pyridine rings is 1. The third kappa shape index (κ3) is 2.67. The molecule has 2 aliphatic heterocycles. The lowest BCUT2D eigenvalue weighted by Gasteiger charge is -2.42. The summed E-state index contributed by atoms with van der Waals surface area (Å²) in [6.45, 7) is 1.93. The molecule has 0 saturated carbocycles. The zero-order valence-corrected chi connectivity index (χ0v) is 11.4. The van der Waals surface area contributed by atoms with Gasteiger partial charge in [-0.25, -0.2) is 0 Å². The van der Waals surface area contributed by atoms with Crippen LogP contribution in [0.3, 0.4) is 0 Å². The molecule has 0 radical (unpaired) electrons. The minimum absolute atomic E-state index is 0.0237. The second kappa shape index (κ2) is 4.56. The normalized spacial score (nSPS) is 27.1. The highest BCUT2D eigenvalue weighted by Gasteiger charge is 2.36. The average Bonchev–Trinajstić information content (AvgIpc) is 2.28. The average molecular weight is 284 g/mol. The van der Waals surface area contributed by atoms with Crippen LogP contribution >= 0.6 is 7.60 Å². The maximum absolute atomic E-state index is 11.8. The summed E-state index contributed by atoms with van der Waals surface area (Å²) in [4.78, 5) is 31.8. The van der Waals surface area contributed by atoms with Crippen LogP contribution in [0.2, 0.25) is 0 Å². The smallest absolute Gasteiger partial charge is 0.324 e. The van der Waals surface area contributed by atoms with Gasteiger partial charge in [-0.15, -0.1) is 0 Å². The Balaban J connectivity index is 1.88. The number of aromatic nitrogens is 1. The van der Waals surface area contributed by atoms with Gasteiger partial charge in [0.25, 0.3) is 5.56 Å². The van der Waals surface area contributed by atoms with Gasteiger partial charge in [0.05, 0.1) is 0 Å². The van der Waals surface area contributed by atoms with E-state index >= 15 is 0 Å². The van der Waals surface area contributed by atoms with Crippen molar-refractivity contribution in [1.82, 2.24) is 9.47 Å². The Morgan fingerprint density at radius 3 is 2.79 bits per heavy atom. The molecule has 104 valence electrons. The van der Waals surface area contributed by atoms with Gasteiger partial charge in [0, 0.05) is 37.3 Å². The molecule has 1 aromatic heterocycles. The fourth-order valence-corrected chi connectivity index (χ4v) is 4.12. The Labute approximate surface area is 110 Å². The maximum atomic E-state index is 11.8. The third-order valence-corrected chi connectivity index (χ3v) is 4.71. The van der Waals surface area contributed by atoms with E-state index in [1.807, 2.05) is 15.5 Å². The van der Waals surface area contributed by atoms with E-state index in [0.717, 1.165) is 12.1 Å². The quantitative estimate of drug-likeness (QED) is 0.768. The van der Waals surface area contributed by atoms with E-state index in [-0.39, 0.29) is 17.8 Å². The highest BCUT2D eigenvalue weighted by molar-refractivity contribution is 7.51. The van der Waals surface area contributed by atoms with Crippen LogP contribution in [0.15, 0.2) is 23.0 Å². The van der Waals surface area contributed by atoms with Gasteiger partial charge in [0.2, 0.25) is 0 Å². The predicted octanol–water partition coefficient (Wildman–Crippen LogP) is 0.403. The van der Waals surface area contributed by atoms with Crippen molar-refractivity contribution in [2.24, 2.45) is 5.92 Å². The first-order chi connectivity index (χ1) is 8.92. The molecular formula is C12H17N2O4P. The number of likely N-dealkylation sites (tertiary alicyclic amines) is 1. The van der Waals surface area contributed by atoms with E-state index in [4.69, 9.17) is 9.79 Å². The van der Waals surface area contributed by atoms with Crippen LogP contribution in [0.1, 0.15) is 18.0 Å². The molecular weight excluding hydrogens is 267 g/mol.